The molecular weight excluding hydrogens is 510 g/mol. The lowest BCUT2D eigenvalue weighted by Crippen LogP contribution is -2.53. The number of ether oxygens (including phenoxy) is 2. The number of hydrogen-bond donors (Lipinski definition) is 1. The van der Waals surface area contributed by atoms with E-state index in [2.05, 4.69) is 21.2 Å². The number of carbonyl (C=O) groups is 2. The minimum Gasteiger partial charge on any atom is -0.495 e. The van der Waals surface area contributed by atoms with Gasteiger partial charge in [-0.3, -0.25) is 9.59 Å². The average molecular weight is 540 g/mol. The molecule has 1 aromatic heterocycles. The van der Waals surface area contributed by atoms with Gasteiger partial charge in [-0.05, 0) is 74.8 Å². The van der Waals surface area contributed by atoms with Crippen LogP contribution in [0.3, 0.4) is 0 Å². The minimum atomic E-state index is -0.912. The van der Waals surface area contributed by atoms with Crippen LogP contribution in [-0.4, -0.2) is 29.4 Å². The quantitative estimate of drug-likeness (QED) is 0.282. The lowest BCUT2D eigenvalue weighted by Gasteiger charge is -2.60. The second kappa shape index (κ2) is 8.26. The summed E-state index contributed by atoms with van der Waals surface area (Å²) in [5.41, 5.74) is 1.91. The van der Waals surface area contributed by atoms with Crippen molar-refractivity contribution in [1.29, 1.82) is 0 Å². The summed E-state index contributed by atoms with van der Waals surface area (Å²) in [5, 5.41) is 4.75. The second-order valence-electron chi connectivity index (χ2n) is 11.1. The summed E-state index contributed by atoms with van der Waals surface area (Å²) in [7, 11) is 1.56. The number of carbonyl (C=O) groups excluding carboxylic acids is 2. The second-order valence-corrected chi connectivity index (χ2v) is 12.7. The Kier molecular flexibility index (Phi) is 5.40. The van der Waals surface area contributed by atoms with E-state index in [4.69, 9.17) is 13.9 Å². The summed E-state index contributed by atoms with van der Waals surface area (Å²) in [4.78, 5) is 25.9. The third-order valence-corrected chi connectivity index (χ3v) is 9.19. The Balaban J connectivity index is 1.15. The highest BCUT2D eigenvalue weighted by atomic mass is 79.9. The van der Waals surface area contributed by atoms with Crippen LogP contribution in [-0.2, 0) is 14.3 Å². The molecule has 6 nitrogen and oxygen atoms in total. The number of halogens is 1. The topological polar surface area (TPSA) is 77.8 Å². The molecule has 0 aliphatic heterocycles. The molecule has 0 spiro atoms. The molecule has 0 radical (unpaired) electrons. The molecule has 4 aliphatic carbocycles. The van der Waals surface area contributed by atoms with Crippen molar-refractivity contribution in [1.82, 2.24) is 0 Å². The van der Waals surface area contributed by atoms with E-state index >= 15 is 0 Å². The van der Waals surface area contributed by atoms with E-state index in [1.54, 1.807) is 20.1 Å². The molecule has 184 valence electrons. The molecule has 1 N–H and O–H groups in total. The Bertz CT molecular complexity index is 1320. The third kappa shape index (κ3) is 4.11. The van der Waals surface area contributed by atoms with Crippen LogP contribution in [0.2, 0.25) is 0 Å². The average Bonchev–Trinajstić information content (AvgIpc) is 3.13. The van der Waals surface area contributed by atoms with Crippen molar-refractivity contribution < 1.29 is 23.5 Å². The van der Waals surface area contributed by atoms with Crippen LogP contribution in [0.25, 0.3) is 21.9 Å². The largest absolute Gasteiger partial charge is 0.495 e. The molecule has 7 rings (SSSR count). The van der Waals surface area contributed by atoms with Crippen molar-refractivity contribution in [3.05, 3.63) is 36.4 Å². The van der Waals surface area contributed by atoms with Crippen molar-refractivity contribution in [3.8, 4) is 5.75 Å². The van der Waals surface area contributed by atoms with Gasteiger partial charge in [0.2, 0.25) is 0 Å². The van der Waals surface area contributed by atoms with Gasteiger partial charge in [0.05, 0.1) is 19.2 Å². The zero-order valence-electron chi connectivity index (χ0n) is 20.1. The smallest absolute Gasteiger partial charge is 0.307 e. The molecule has 35 heavy (non-hydrogen) atoms. The Morgan fingerprint density at radius 2 is 1.86 bits per heavy atom. The first-order chi connectivity index (χ1) is 16.7. The van der Waals surface area contributed by atoms with E-state index in [9.17, 15) is 9.59 Å². The van der Waals surface area contributed by atoms with E-state index in [0.717, 1.165) is 35.6 Å². The van der Waals surface area contributed by atoms with Crippen LogP contribution in [0.1, 0.15) is 51.9 Å². The predicted octanol–water partition coefficient (Wildman–Crippen LogP) is 6.59. The fourth-order valence-corrected chi connectivity index (χ4v) is 8.90. The fraction of sp³-hybridized carbons (Fsp3) is 0.500. The van der Waals surface area contributed by atoms with Gasteiger partial charge < -0.3 is 19.2 Å². The van der Waals surface area contributed by atoms with Crippen LogP contribution in [0.15, 0.2) is 40.8 Å². The lowest BCUT2D eigenvalue weighted by molar-refractivity contribution is -0.159. The van der Waals surface area contributed by atoms with Gasteiger partial charge in [-0.2, -0.15) is 0 Å². The number of hydrogen-bond acceptors (Lipinski definition) is 5. The number of fused-ring (bicyclic) bond motifs is 3. The normalized spacial score (nSPS) is 29.9. The number of nitrogens with one attached hydrogen (secondary N) is 1. The first-order valence-corrected chi connectivity index (χ1v) is 13.2. The van der Waals surface area contributed by atoms with E-state index in [1.807, 2.05) is 30.3 Å². The van der Waals surface area contributed by atoms with Crippen molar-refractivity contribution in [2.75, 3.05) is 12.4 Å². The van der Waals surface area contributed by atoms with E-state index in [0.29, 0.717) is 35.3 Å². The molecule has 4 fully saturated rings. The Morgan fingerprint density at radius 3 is 2.57 bits per heavy atom. The third-order valence-electron chi connectivity index (χ3n) is 8.26. The summed E-state index contributed by atoms with van der Waals surface area (Å²) >= 11 is 4.00. The maximum Gasteiger partial charge on any atom is 0.307 e. The van der Waals surface area contributed by atoms with E-state index in [-0.39, 0.29) is 15.7 Å². The van der Waals surface area contributed by atoms with Crippen LogP contribution in [0.5, 0.6) is 5.75 Å². The zero-order chi connectivity index (χ0) is 24.4. The summed E-state index contributed by atoms with van der Waals surface area (Å²) < 4.78 is 17.3. The highest BCUT2D eigenvalue weighted by Gasteiger charge is 2.57. The van der Waals surface area contributed by atoms with Gasteiger partial charge in [0, 0.05) is 21.2 Å². The lowest BCUT2D eigenvalue weighted by atomic mass is 9.49. The maximum atomic E-state index is 13.0. The summed E-state index contributed by atoms with van der Waals surface area (Å²) in [6.07, 6.45) is 6.43. The number of amides is 1. The number of benzene rings is 2. The van der Waals surface area contributed by atoms with Gasteiger partial charge in [0.25, 0.3) is 5.91 Å². The number of methoxy groups -OCH3 is 1. The minimum absolute atomic E-state index is 0.0103. The van der Waals surface area contributed by atoms with E-state index in [1.165, 1.54) is 19.3 Å². The Labute approximate surface area is 212 Å². The molecule has 4 bridgehead atoms. The zero-order valence-corrected chi connectivity index (χ0v) is 21.7. The summed E-state index contributed by atoms with van der Waals surface area (Å²) in [6, 6.07) is 11.4. The molecule has 1 amide bonds. The number of anilines is 1. The fourth-order valence-electron chi connectivity index (χ4n) is 7.39. The molecule has 3 atom stereocenters. The highest BCUT2D eigenvalue weighted by molar-refractivity contribution is 9.10. The number of furan rings is 1. The first-order valence-electron chi connectivity index (χ1n) is 12.4. The number of para-hydroxylation sites is 1. The molecule has 2 aromatic carbocycles. The van der Waals surface area contributed by atoms with Gasteiger partial charge >= 0.3 is 5.97 Å². The summed E-state index contributed by atoms with van der Waals surface area (Å²) in [6.45, 7) is 1.62. The van der Waals surface area contributed by atoms with Crippen molar-refractivity contribution >= 4 is 55.4 Å². The first kappa shape index (κ1) is 22.9. The molecular formula is C28H30BrNO5. The van der Waals surface area contributed by atoms with Gasteiger partial charge in [-0.1, -0.05) is 34.1 Å². The summed E-state index contributed by atoms with van der Waals surface area (Å²) in [5.74, 6) is 1.24. The van der Waals surface area contributed by atoms with E-state index < -0.39 is 12.0 Å². The van der Waals surface area contributed by atoms with Gasteiger partial charge in [-0.25, -0.2) is 0 Å². The SMILES string of the molecule is COc1cc2c(cc1NC(=O)[C@@H](C)OC(=O)CC13C[C@@H]4C[C@H](CC(Br)(C4)C1)C3)oc1ccccc12. The van der Waals surface area contributed by atoms with Crippen LogP contribution in [0, 0.1) is 17.3 Å². The maximum absolute atomic E-state index is 13.0. The predicted molar refractivity (Wildman–Crippen MR) is 138 cm³/mol. The molecule has 3 aromatic rings. The van der Waals surface area contributed by atoms with Gasteiger partial charge in [0.1, 0.15) is 16.9 Å². The Hall–Kier alpha value is -2.54. The van der Waals surface area contributed by atoms with Crippen molar-refractivity contribution in [2.45, 2.75) is 62.3 Å². The molecule has 0 saturated heterocycles. The van der Waals surface area contributed by atoms with Crippen LogP contribution >= 0.6 is 15.9 Å². The number of rotatable bonds is 6. The molecule has 1 heterocycles. The highest BCUT2D eigenvalue weighted by Crippen LogP contribution is 2.65. The Morgan fingerprint density at radius 1 is 1.11 bits per heavy atom. The number of alkyl halides is 1. The molecule has 4 saturated carbocycles. The standard InChI is InChI=1S/C28H30BrNO5/c1-16(34-25(31)14-27-10-17-7-18(11-27)13-28(29,12-17)15-27)26(32)30-21-9-23-20(8-24(21)33-2)19-5-3-4-6-22(19)35-23/h3-6,8-9,16-18H,7,10-15H2,1-2H3,(H,30,32)/t16-,17+,18+,27?,28?/m1/s1. The van der Waals surface area contributed by atoms with Crippen LogP contribution < -0.4 is 10.1 Å². The van der Waals surface area contributed by atoms with Crippen molar-refractivity contribution in [3.63, 3.8) is 0 Å². The van der Waals surface area contributed by atoms with Gasteiger partial charge in [-0.15, -0.1) is 0 Å². The molecule has 0 unspecified atom stereocenters. The number of esters is 1. The molecule has 7 heteroatoms. The monoisotopic (exact) mass is 539 g/mol. The molecule has 4 aliphatic rings. The van der Waals surface area contributed by atoms with Gasteiger partial charge in [0.15, 0.2) is 6.10 Å². The van der Waals surface area contributed by atoms with Crippen LogP contribution in [0.4, 0.5) is 5.69 Å². The van der Waals surface area contributed by atoms with Crippen molar-refractivity contribution in [2.24, 2.45) is 17.3 Å².